The third kappa shape index (κ3) is 6.54. The molecule has 0 saturated carbocycles. The van der Waals surface area contributed by atoms with Crippen LogP contribution >= 0.6 is 24.0 Å². The molecule has 1 aromatic carbocycles. The van der Waals surface area contributed by atoms with Crippen LogP contribution in [0.1, 0.15) is 30.9 Å². The van der Waals surface area contributed by atoms with E-state index >= 15 is 0 Å². The molecule has 0 aromatic heterocycles. The number of nitrogens with zero attached hydrogens (tertiary/aromatic N) is 2. The minimum absolute atomic E-state index is 0. The molecule has 24 heavy (non-hydrogen) atoms. The maximum absolute atomic E-state index is 13.5. The molecule has 5 nitrogen and oxygen atoms in total. The summed E-state index contributed by atoms with van der Waals surface area (Å²) in [4.78, 5) is 6.37. The van der Waals surface area contributed by atoms with Gasteiger partial charge < -0.3 is 10.6 Å². The van der Waals surface area contributed by atoms with Crippen molar-refractivity contribution in [1.82, 2.24) is 4.90 Å². The molecule has 2 rings (SSSR count). The highest BCUT2D eigenvalue weighted by Gasteiger charge is 2.18. The van der Waals surface area contributed by atoms with Crippen molar-refractivity contribution < 1.29 is 12.8 Å². The number of aliphatic imine (C=N–C) groups is 1. The van der Waals surface area contributed by atoms with Crippen LogP contribution < -0.4 is 5.73 Å². The Kier molecular flexibility index (Phi) is 7.91. The Hall–Kier alpha value is -0.900. The van der Waals surface area contributed by atoms with E-state index in [1.807, 2.05) is 4.90 Å². The van der Waals surface area contributed by atoms with Crippen LogP contribution in [0.5, 0.6) is 0 Å². The van der Waals surface area contributed by atoms with Crippen molar-refractivity contribution >= 4 is 39.8 Å². The van der Waals surface area contributed by atoms with Gasteiger partial charge in [0.05, 0.1) is 12.3 Å². The molecule has 8 heteroatoms. The number of sulfone groups is 1. The molecule has 0 spiro atoms. The van der Waals surface area contributed by atoms with Crippen molar-refractivity contribution in [2.24, 2.45) is 16.6 Å². The standard InChI is InChI=1S/C16H24FN3O2S.HI/c1-12-4-3-7-20(10-12)16(18)19-9-14-8-15(17)6-5-13(14)11-23(2,21)22;/h5-6,8,12H,3-4,7,9-11H2,1-2H3,(H2,18,19);1H. The summed E-state index contributed by atoms with van der Waals surface area (Å²) in [6.07, 6.45) is 3.43. The second-order valence-corrected chi connectivity index (χ2v) is 8.49. The summed E-state index contributed by atoms with van der Waals surface area (Å²) in [5.74, 6) is 0.481. The van der Waals surface area contributed by atoms with Gasteiger partial charge in [0.25, 0.3) is 0 Å². The predicted octanol–water partition coefficient (Wildman–Crippen LogP) is 2.53. The maximum Gasteiger partial charge on any atom is 0.191 e. The summed E-state index contributed by atoms with van der Waals surface area (Å²) in [6.45, 7) is 4.10. The normalized spacial score (nSPS) is 19.0. The van der Waals surface area contributed by atoms with Gasteiger partial charge in [0.2, 0.25) is 0 Å². The molecule has 1 aliphatic heterocycles. The molecule has 0 bridgehead atoms. The Labute approximate surface area is 160 Å². The molecule has 1 fully saturated rings. The van der Waals surface area contributed by atoms with E-state index in [1.54, 1.807) is 0 Å². The number of likely N-dealkylation sites (tertiary alicyclic amines) is 1. The van der Waals surface area contributed by atoms with Crippen LogP contribution in [0.3, 0.4) is 0 Å². The lowest BCUT2D eigenvalue weighted by molar-refractivity contribution is 0.270. The van der Waals surface area contributed by atoms with Gasteiger partial charge >= 0.3 is 0 Å². The summed E-state index contributed by atoms with van der Waals surface area (Å²) in [6, 6.07) is 4.10. The zero-order valence-corrected chi connectivity index (χ0v) is 17.2. The van der Waals surface area contributed by atoms with Gasteiger partial charge in [0.15, 0.2) is 15.8 Å². The van der Waals surface area contributed by atoms with Gasteiger partial charge in [-0.2, -0.15) is 0 Å². The van der Waals surface area contributed by atoms with Crippen molar-refractivity contribution in [3.05, 3.63) is 35.1 Å². The van der Waals surface area contributed by atoms with Crippen LogP contribution in [-0.2, 0) is 22.1 Å². The van der Waals surface area contributed by atoms with Crippen LogP contribution in [0.4, 0.5) is 4.39 Å². The SMILES string of the molecule is CC1CCCN(C(N)=NCc2cc(F)ccc2CS(C)(=O)=O)C1.I. The van der Waals surface area contributed by atoms with Crippen LogP contribution in [0.15, 0.2) is 23.2 Å². The highest BCUT2D eigenvalue weighted by atomic mass is 127. The molecular weight excluding hydrogens is 444 g/mol. The highest BCUT2D eigenvalue weighted by Crippen LogP contribution is 2.17. The van der Waals surface area contributed by atoms with E-state index in [2.05, 4.69) is 11.9 Å². The number of halogens is 2. The monoisotopic (exact) mass is 469 g/mol. The van der Waals surface area contributed by atoms with Gasteiger partial charge in [-0.3, -0.25) is 0 Å². The minimum Gasteiger partial charge on any atom is -0.370 e. The maximum atomic E-state index is 13.5. The first-order valence-electron chi connectivity index (χ1n) is 7.74. The summed E-state index contributed by atoms with van der Waals surface area (Å²) >= 11 is 0. The predicted molar refractivity (Wildman–Crippen MR) is 106 cm³/mol. The number of hydrogen-bond donors (Lipinski definition) is 1. The van der Waals surface area contributed by atoms with E-state index in [9.17, 15) is 12.8 Å². The van der Waals surface area contributed by atoms with Crippen molar-refractivity contribution in [3.8, 4) is 0 Å². The molecular formula is C16H25FIN3O2S. The van der Waals surface area contributed by atoms with Crippen molar-refractivity contribution in [2.45, 2.75) is 32.1 Å². The number of benzene rings is 1. The largest absolute Gasteiger partial charge is 0.370 e. The number of nitrogens with two attached hydrogens (primary N) is 1. The Morgan fingerprint density at radius 2 is 2.12 bits per heavy atom. The zero-order valence-electron chi connectivity index (χ0n) is 14.0. The first-order chi connectivity index (χ1) is 10.7. The first kappa shape index (κ1) is 21.1. The number of piperidine rings is 1. The van der Waals surface area contributed by atoms with Gasteiger partial charge in [-0.1, -0.05) is 13.0 Å². The van der Waals surface area contributed by atoms with Gasteiger partial charge in [0, 0.05) is 19.3 Å². The first-order valence-corrected chi connectivity index (χ1v) is 9.80. The molecule has 1 saturated heterocycles. The average Bonchev–Trinajstić information content (AvgIpc) is 2.46. The fourth-order valence-electron chi connectivity index (χ4n) is 2.83. The van der Waals surface area contributed by atoms with E-state index in [0.29, 0.717) is 23.0 Å². The summed E-state index contributed by atoms with van der Waals surface area (Å²) in [7, 11) is -3.19. The van der Waals surface area contributed by atoms with E-state index in [4.69, 9.17) is 5.73 Å². The van der Waals surface area contributed by atoms with Crippen molar-refractivity contribution in [2.75, 3.05) is 19.3 Å². The topological polar surface area (TPSA) is 75.8 Å². The van der Waals surface area contributed by atoms with Gasteiger partial charge in [-0.05, 0) is 42.0 Å². The number of hydrogen-bond acceptors (Lipinski definition) is 3. The van der Waals surface area contributed by atoms with Crippen LogP contribution in [-0.4, -0.2) is 38.6 Å². The van der Waals surface area contributed by atoms with E-state index in [-0.39, 0.29) is 36.3 Å². The lowest BCUT2D eigenvalue weighted by atomic mass is 10.0. The molecule has 0 radical (unpaired) electrons. The van der Waals surface area contributed by atoms with E-state index in [1.165, 1.54) is 24.6 Å². The lowest BCUT2D eigenvalue weighted by Crippen LogP contribution is -2.43. The third-order valence-corrected chi connectivity index (χ3v) is 4.81. The van der Waals surface area contributed by atoms with Gasteiger partial charge in [0.1, 0.15) is 5.82 Å². The number of rotatable bonds is 4. The smallest absolute Gasteiger partial charge is 0.191 e. The summed E-state index contributed by atoms with van der Waals surface area (Å²) in [5.41, 5.74) is 7.16. The molecule has 2 N–H and O–H groups in total. The Balaban J connectivity index is 0.00000288. The average molecular weight is 469 g/mol. The highest BCUT2D eigenvalue weighted by molar-refractivity contribution is 14.0. The second-order valence-electron chi connectivity index (χ2n) is 6.35. The fraction of sp³-hybridized carbons (Fsp3) is 0.562. The number of guanidine groups is 1. The van der Waals surface area contributed by atoms with Gasteiger partial charge in [-0.15, -0.1) is 24.0 Å². The van der Waals surface area contributed by atoms with Crippen LogP contribution in [0, 0.1) is 11.7 Å². The molecule has 0 aliphatic carbocycles. The second kappa shape index (κ2) is 8.98. The molecule has 1 aliphatic rings. The summed E-state index contributed by atoms with van der Waals surface area (Å²) in [5, 5.41) is 0. The van der Waals surface area contributed by atoms with Gasteiger partial charge in [-0.25, -0.2) is 17.8 Å². The lowest BCUT2D eigenvalue weighted by Gasteiger charge is -2.31. The molecule has 1 heterocycles. The third-order valence-electron chi connectivity index (χ3n) is 3.98. The molecule has 136 valence electrons. The van der Waals surface area contributed by atoms with Crippen molar-refractivity contribution in [1.29, 1.82) is 0 Å². The van der Waals surface area contributed by atoms with Crippen molar-refractivity contribution in [3.63, 3.8) is 0 Å². The fourth-order valence-corrected chi connectivity index (χ4v) is 3.68. The molecule has 1 unspecified atom stereocenters. The molecule has 1 atom stereocenters. The quantitative estimate of drug-likeness (QED) is 0.418. The summed E-state index contributed by atoms with van der Waals surface area (Å²) < 4.78 is 36.5. The Morgan fingerprint density at radius 1 is 1.42 bits per heavy atom. The zero-order chi connectivity index (χ0) is 17.0. The van der Waals surface area contributed by atoms with Crippen LogP contribution in [0.25, 0.3) is 0 Å². The van der Waals surface area contributed by atoms with E-state index < -0.39 is 15.7 Å². The van der Waals surface area contributed by atoms with E-state index in [0.717, 1.165) is 25.8 Å². The Bertz CT molecular complexity index is 695. The molecule has 1 aromatic rings. The minimum atomic E-state index is -3.19. The van der Waals surface area contributed by atoms with Crippen LogP contribution in [0.2, 0.25) is 0 Å². The Morgan fingerprint density at radius 3 is 2.75 bits per heavy atom. The molecule has 0 amide bonds.